The molecule has 2 aliphatic rings. The fourth-order valence-corrected chi connectivity index (χ4v) is 2.99. The lowest BCUT2D eigenvalue weighted by atomic mass is 9.89. The second-order valence-corrected chi connectivity index (χ2v) is 6.94. The summed E-state index contributed by atoms with van der Waals surface area (Å²) in [5.41, 5.74) is 5.80. The van der Waals surface area contributed by atoms with Crippen molar-refractivity contribution in [1.82, 2.24) is 10.2 Å². The zero-order valence-electron chi connectivity index (χ0n) is 15.1. The average molecular weight is 405 g/mol. The van der Waals surface area contributed by atoms with Gasteiger partial charge >= 0.3 is 12.1 Å². The molecule has 6 nitrogen and oxygen atoms in total. The summed E-state index contributed by atoms with van der Waals surface area (Å²) in [5.74, 6) is -2.77. The second kappa shape index (κ2) is 8.87. The molecule has 28 heavy (non-hydrogen) atoms. The Labute approximate surface area is 159 Å². The maximum absolute atomic E-state index is 14.4. The van der Waals surface area contributed by atoms with Crippen LogP contribution in [0, 0.1) is 0 Å². The Balaban J connectivity index is 0.000000345. The molecule has 1 aromatic carbocycles. The third-order valence-corrected chi connectivity index (χ3v) is 4.74. The zero-order valence-corrected chi connectivity index (χ0v) is 15.1. The number of carbonyl (C=O) groups is 2. The number of hydrogen-bond donors (Lipinski definition) is 3. The van der Waals surface area contributed by atoms with Crippen LogP contribution in [0.2, 0.25) is 0 Å². The molecule has 4 N–H and O–H groups in total. The van der Waals surface area contributed by atoms with Crippen molar-refractivity contribution in [2.24, 2.45) is 5.73 Å². The van der Waals surface area contributed by atoms with Crippen LogP contribution >= 0.6 is 0 Å². The molecule has 0 spiro atoms. The highest BCUT2D eigenvalue weighted by molar-refractivity contribution is 5.94. The van der Waals surface area contributed by atoms with Gasteiger partial charge in [-0.1, -0.05) is 12.1 Å². The lowest BCUT2D eigenvalue weighted by molar-refractivity contribution is -0.192. The summed E-state index contributed by atoms with van der Waals surface area (Å²) in [5, 5.41) is 10.1. The molecule has 0 aromatic heterocycles. The first-order valence-corrected chi connectivity index (χ1v) is 8.88. The van der Waals surface area contributed by atoms with E-state index in [-0.39, 0.29) is 11.9 Å². The molecule has 156 valence electrons. The molecular weight excluding hydrogens is 382 g/mol. The quantitative estimate of drug-likeness (QED) is 0.655. The summed E-state index contributed by atoms with van der Waals surface area (Å²) in [6.07, 6.45) is -2.35. The Bertz CT molecular complexity index is 708. The molecule has 2 aliphatic heterocycles. The standard InChI is InChI=1S/C16H22FN3O.C2HF3O2/c17-16(10-19-11-16)13-4-1-3-12(9-13)15(21)20-7-2-5-14(18)6-8-20;3-2(4,5)1(6)7/h1,3-4,9,14,19H,2,5-8,10-11,18H2;(H,6,7). The fraction of sp³-hybridized carbons (Fsp3) is 0.556. The van der Waals surface area contributed by atoms with Crippen molar-refractivity contribution < 1.29 is 32.3 Å². The van der Waals surface area contributed by atoms with Crippen LogP contribution in [-0.2, 0) is 10.5 Å². The normalized spacial score (nSPS) is 21.6. The smallest absolute Gasteiger partial charge is 0.475 e. The molecule has 2 saturated heterocycles. The van der Waals surface area contributed by atoms with Crippen molar-refractivity contribution in [3.05, 3.63) is 35.4 Å². The molecule has 1 atom stereocenters. The van der Waals surface area contributed by atoms with Gasteiger partial charge in [0.25, 0.3) is 5.91 Å². The Morgan fingerprint density at radius 3 is 2.39 bits per heavy atom. The van der Waals surface area contributed by atoms with Gasteiger partial charge in [0.05, 0.1) is 0 Å². The van der Waals surface area contributed by atoms with Gasteiger partial charge < -0.3 is 21.1 Å². The van der Waals surface area contributed by atoms with Gasteiger partial charge in [0.2, 0.25) is 0 Å². The Morgan fingerprint density at radius 2 is 1.86 bits per heavy atom. The summed E-state index contributed by atoms with van der Waals surface area (Å²) < 4.78 is 46.2. The molecule has 3 rings (SSSR count). The third kappa shape index (κ3) is 5.65. The first-order valence-electron chi connectivity index (χ1n) is 8.88. The number of hydrogen-bond acceptors (Lipinski definition) is 4. The van der Waals surface area contributed by atoms with E-state index >= 15 is 0 Å². The topological polar surface area (TPSA) is 95.7 Å². The van der Waals surface area contributed by atoms with E-state index < -0.39 is 17.8 Å². The highest BCUT2D eigenvalue weighted by Crippen LogP contribution is 2.30. The monoisotopic (exact) mass is 405 g/mol. The van der Waals surface area contributed by atoms with Crippen molar-refractivity contribution in [2.75, 3.05) is 26.2 Å². The van der Waals surface area contributed by atoms with Crippen molar-refractivity contribution in [3.63, 3.8) is 0 Å². The second-order valence-electron chi connectivity index (χ2n) is 6.94. The zero-order chi connectivity index (χ0) is 20.9. The minimum atomic E-state index is -5.08. The van der Waals surface area contributed by atoms with Crippen LogP contribution in [-0.4, -0.2) is 60.3 Å². The van der Waals surface area contributed by atoms with Crippen LogP contribution in [0.25, 0.3) is 0 Å². The largest absolute Gasteiger partial charge is 0.490 e. The Hall–Kier alpha value is -2.20. The van der Waals surface area contributed by atoms with Crippen LogP contribution in [0.1, 0.15) is 35.2 Å². The van der Waals surface area contributed by atoms with Gasteiger partial charge in [-0.05, 0) is 37.0 Å². The molecule has 1 amide bonds. The number of nitrogens with zero attached hydrogens (tertiary/aromatic N) is 1. The van der Waals surface area contributed by atoms with E-state index in [1.807, 2.05) is 4.90 Å². The minimum absolute atomic E-state index is 0.0122. The first-order chi connectivity index (χ1) is 13.0. The molecule has 0 saturated carbocycles. The van der Waals surface area contributed by atoms with Gasteiger partial charge in [0, 0.05) is 37.8 Å². The van der Waals surface area contributed by atoms with E-state index in [1.165, 1.54) is 0 Å². The van der Waals surface area contributed by atoms with Crippen LogP contribution in [0.15, 0.2) is 24.3 Å². The lowest BCUT2D eigenvalue weighted by Gasteiger charge is -2.35. The van der Waals surface area contributed by atoms with Gasteiger partial charge in [-0.15, -0.1) is 0 Å². The maximum Gasteiger partial charge on any atom is 0.490 e. The van der Waals surface area contributed by atoms with E-state index in [9.17, 15) is 22.4 Å². The van der Waals surface area contributed by atoms with Gasteiger partial charge in [0.15, 0.2) is 5.67 Å². The van der Waals surface area contributed by atoms with Crippen molar-refractivity contribution in [1.29, 1.82) is 0 Å². The number of aliphatic carboxylic acids is 1. The Kier molecular flexibility index (Phi) is 7.00. The van der Waals surface area contributed by atoms with E-state index in [4.69, 9.17) is 15.6 Å². The predicted molar refractivity (Wildman–Crippen MR) is 93.5 cm³/mol. The summed E-state index contributed by atoms with van der Waals surface area (Å²) in [6.45, 7) is 2.07. The number of carboxylic acid groups (broad SMARTS) is 1. The third-order valence-electron chi connectivity index (χ3n) is 4.74. The molecule has 2 fully saturated rings. The Morgan fingerprint density at radius 1 is 1.21 bits per heavy atom. The minimum Gasteiger partial charge on any atom is -0.475 e. The first kappa shape index (κ1) is 22.1. The number of likely N-dealkylation sites (tertiary alicyclic amines) is 1. The van der Waals surface area contributed by atoms with E-state index in [0.717, 1.165) is 25.8 Å². The molecule has 1 unspecified atom stereocenters. The number of amides is 1. The van der Waals surface area contributed by atoms with Crippen molar-refractivity contribution in [3.8, 4) is 0 Å². The number of benzene rings is 1. The number of carbonyl (C=O) groups excluding carboxylic acids is 1. The van der Waals surface area contributed by atoms with Crippen molar-refractivity contribution >= 4 is 11.9 Å². The van der Waals surface area contributed by atoms with Gasteiger partial charge in [-0.3, -0.25) is 4.79 Å². The lowest BCUT2D eigenvalue weighted by Crippen LogP contribution is -2.53. The average Bonchev–Trinajstić information content (AvgIpc) is 2.83. The molecule has 0 aliphatic carbocycles. The number of carboxylic acids is 1. The van der Waals surface area contributed by atoms with Crippen molar-refractivity contribution in [2.45, 2.75) is 37.1 Å². The number of nitrogens with one attached hydrogen (secondary N) is 1. The molecule has 1 aromatic rings. The summed E-state index contributed by atoms with van der Waals surface area (Å²) in [4.78, 5) is 23.3. The maximum atomic E-state index is 14.4. The van der Waals surface area contributed by atoms with E-state index in [0.29, 0.717) is 30.8 Å². The van der Waals surface area contributed by atoms with Gasteiger partial charge in [-0.25, -0.2) is 9.18 Å². The number of halogens is 4. The van der Waals surface area contributed by atoms with E-state index in [2.05, 4.69) is 5.32 Å². The SMILES string of the molecule is NC1CCCN(C(=O)c2cccc(C3(F)CNC3)c2)CC1.O=C(O)C(F)(F)F. The highest BCUT2D eigenvalue weighted by Gasteiger charge is 2.39. The van der Waals surface area contributed by atoms with Gasteiger partial charge in [0.1, 0.15) is 0 Å². The molecular formula is C18H23F4N3O3. The van der Waals surface area contributed by atoms with Crippen LogP contribution < -0.4 is 11.1 Å². The fourth-order valence-electron chi connectivity index (χ4n) is 2.99. The van der Waals surface area contributed by atoms with Crippen LogP contribution in [0.5, 0.6) is 0 Å². The summed E-state index contributed by atoms with van der Waals surface area (Å²) >= 11 is 0. The number of nitrogens with two attached hydrogens (primary N) is 1. The van der Waals surface area contributed by atoms with Gasteiger partial charge in [-0.2, -0.15) is 13.2 Å². The predicted octanol–water partition coefficient (Wildman–Crippen LogP) is 2.04. The molecule has 0 bridgehead atoms. The number of alkyl halides is 4. The summed E-state index contributed by atoms with van der Waals surface area (Å²) in [7, 11) is 0. The molecule has 2 heterocycles. The molecule has 10 heteroatoms. The summed E-state index contributed by atoms with van der Waals surface area (Å²) in [6, 6.07) is 7.19. The number of rotatable bonds is 2. The molecule has 0 radical (unpaired) electrons. The van der Waals surface area contributed by atoms with E-state index in [1.54, 1.807) is 24.3 Å². The highest BCUT2D eigenvalue weighted by atomic mass is 19.4. The van der Waals surface area contributed by atoms with Crippen LogP contribution in [0.3, 0.4) is 0 Å². The van der Waals surface area contributed by atoms with Crippen LogP contribution in [0.4, 0.5) is 17.6 Å².